The number of carbonyl (C=O) groups excluding carboxylic acids is 3. The molecule has 2 N–H and O–H groups in total. The summed E-state index contributed by atoms with van der Waals surface area (Å²) in [4.78, 5) is 37.4. The normalized spacial score (nSPS) is 10.2. The van der Waals surface area contributed by atoms with Gasteiger partial charge in [-0.25, -0.2) is 4.79 Å². The molecule has 0 fully saturated rings. The molecule has 2 amide bonds. The molecular formula is C19H16N2O4S2. The second kappa shape index (κ2) is 9.11. The third-order valence-electron chi connectivity index (χ3n) is 3.50. The van der Waals surface area contributed by atoms with Gasteiger partial charge in [0.1, 0.15) is 0 Å². The van der Waals surface area contributed by atoms with Gasteiger partial charge in [0.25, 0.3) is 11.8 Å². The van der Waals surface area contributed by atoms with Gasteiger partial charge in [-0.2, -0.15) is 0 Å². The zero-order valence-electron chi connectivity index (χ0n) is 14.1. The lowest BCUT2D eigenvalue weighted by Gasteiger charge is -2.07. The Kier molecular flexibility index (Phi) is 6.35. The second-order valence-corrected chi connectivity index (χ2v) is 7.42. The maximum absolute atomic E-state index is 12.0. The topological polar surface area (TPSA) is 84.5 Å². The lowest BCUT2D eigenvalue weighted by atomic mass is 10.2. The first-order valence-corrected chi connectivity index (χ1v) is 9.79. The smallest absolute Gasteiger partial charge is 0.338 e. The van der Waals surface area contributed by atoms with Gasteiger partial charge in [0.05, 0.1) is 17.0 Å². The highest BCUT2D eigenvalue weighted by Crippen LogP contribution is 2.14. The van der Waals surface area contributed by atoms with Gasteiger partial charge in [0.2, 0.25) is 0 Å². The van der Waals surface area contributed by atoms with Crippen LogP contribution < -0.4 is 10.6 Å². The first kappa shape index (κ1) is 18.8. The van der Waals surface area contributed by atoms with Crippen LogP contribution >= 0.6 is 22.7 Å². The molecule has 8 heteroatoms. The Hall–Kier alpha value is -2.97. The van der Waals surface area contributed by atoms with E-state index in [1.54, 1.807) is 24.3 Å². The average molecular weight is 400 g/mol. The van der Waals surface area contributed by atoms with Crippen molar-refractivity contribution in [2.75, 3.05) is 11.9 Å². The summed E-state index contributed by atoms with van der Waals surface area (Å²) in [5.74, 6) is -1.17. The summed E-state index contributed by atoms with van der Waals surface area (Å²) in [7, 11) is 0. The molecular weight excluding hydrogens is 384 g/mol. The van der Waals surface area contributed by atoms with E-state index in [1.807, 2.05) is 22.9 Å². The van der Waals surface area contributed by atoms with Crippen molar-refractivity contribution in [1.82, 2.24) is 5.32 Å². The lowest BCUT2D eigenvalue weighted by Crippen LogP contribution is -2.28. The van der Waals surface area contributed by atoms with E-state index in [-0.39, 0.29) is 18.4 Å². The monoisotopic (exact) mass is 400 g/mol. The number of amides is 2. The zero-order valence-corrected chi connectivity index (χ0v) is 15.8. The van der Waals surface area contributed by atoms with E-state index in [9.17, 15) is 14.4 Å². The average Bonchev–Trinajstić information content (AvgIpc) is 3.39. The molecule has 0 saturated carbocycles. The summed E-state index contributed by atoms with van der Waals surface area (Å²) >= 11 is 2.89. The maximum atomic E-state index is 12.0. The molecule has 1 aromatic carbocycles. The van der Waals surface area contributed by atoms with Crippen LogP contribution in [0.3, 0.4) is 0 Å². The fourth-order valence-electron chi connectivity index (χ4n) is 2.15. The van der Waals surface area contributed by atoms with Crippen LogP contribution in [0, 0.1) is 0 Å². The fourth-order valence-corrected chi connectivity index (χ4v) is 3.42. The molecule has 0 unspecified atom stereocenters. The van der Waals surface area contributed by atoms with E-state index in [0.717, 1.165) is 4.88 Å². The van der Waals surface area contributed by atoms with Crippen LogP contribution in [0.5, 0.6) is 0 Å². The first-order valence-electron chi connectivity index (χ1n) is 8.03. The Morgan fingerprint density at radius 2 is 1.67 bits per heavy atom. The van der Waals surface area contributed by atoms with Crippen LogP contribution in [-0.2, 0) is 16.1 Å². The van der Waals surface area contributed by atoms with E-state index in [0.29, 0.717) is 22.7 Å². The molecule has 27 heavy (non-hydrogen) atoms. The highest BCUT2D eigenvalue weighted by Gasteiger charge is 2.11. The fraction of sp³-hybridized carbons (Fsp3) is 0.105. The Labute approximate surface area is 163 Å². The third kappa shape index (κ3) is 5.50. The van der Waals surface area contributed by atoms with E-state index in [1.165, 1.54) is 34.8 Å². The predicted octanol–water partition coefficient (Wildman–Crippen LogP) is 3.54. The van der Waals surface area contributed by atoms with Crippen molar-refractivity contribution in [3.8, 4) is 0 Å². The SMILES string of the molecule is O=C(COC(=O)c1ccc(NC(=O)c2cccs2)cc1)NCc1cccs1. The summed E-state index contributed by atoms with van der Waals surface area (Å²) in [5, 5.41) is 9.18. The molecule has 0 aliphatic rings. The van der Waals surface area contributed by atoms with Crippen LogP contribution in [0.15, 0.2) is 59.3 Å². The molecule has 138 valence electrons. The van der Waals surface area contributed by atoms with E-state index in [2.05, 4.69) is 10.6 Å². The van der Waals surface area contributed by atoms with Crippen LogP contribution in [0.4, 0.5) is 5.69 Å². The number of rotatable bonds is 7. The summed E-state index contributed by atoms with van der Waals surface area (Å²) in [6.45, 7) is 0.0633. The van der Waals surface area contributed by atoms with Crippen molar-refractivity contribution in [2.24, 2.45) is 0 Å². The van der Waals surface area contributed by atoms with Crippen molar-refractivity contribution in [3.63, 3.8) is 0 Å². The summed E-state index contributed by atoms with van der Waals surface area (Å²) in [6.07, 6.45) is 0. The molecule has 0 aliphatic carbocycles. The van der Waals surface area contributed by atoms with Crippen LogP contribution in [-0.4, -0.2) is 24.4 Å². The third-order valence-corrected chi connectivity index (χ3v) is 5.24. The van der Waals surface area contributed by atoms with E-state index >= 15 is 0 Å². The molecule has 3 rings (SSSR count). The largest absolute Gasteiger partial charge is 0.452 e. The number of hydrogen-bond acceptors (Lipinski definition) is 6. The number of carbonyl (C=O) groups is 3. The number of thiophene rings is 2. The van der Waals surface area contributed by atoms with Crippen molar-refractivity contribution in [3.05, 3.63) is 74.6 Å². The quantitative estimate of drug-likeness (QED) is 0.594. The van der Waals surface area contributed by atoms with Crippen molar-refractivity contribution in [1.29, 1.82) is 0 Å². The lowest BCUT2D eigenvalue weighted by molar-refractivity contribution is -0.124. The number of ether oxygens (including phenoxy) is 1. The second-order valence-electron chi connectivity index (χ2n) is 5.44. The minimum atomic E-state index is -0.600. The van der Waals surface area contributed by atoms with Gasteiger partial charge < -0.3 is 15.4 Å². The Bertz CT molecular complexity index is 904. The molecule has 3 aromatic rings. The van der Waals surface area contributed by atoms with Gasteiger partial charge in [-0.3, -0.25) is 9.59 Å². The number of esters is 1. The molecule has 0 saturated heterocycles. The summed E-state index contributed by atoms with van der Waals surface area (Å²) < 4.78 is 5.01. The van der Waals surface area contributed by atoms with Crippen LogP contribution in [0.1, 0.15) is 24.9 Å². The Balaban J connectivity index is 1.45. The van der Waals surface area contributed by atoms with Gasteiger partial charge in [0, 0.05) is 10.6 Å². The zero-order chi connectivity index (χ0) is 19.1. The molecule has 0 atom stereocenters. The highest BCUT2D eigenvalue weighted by molar-refractivity contribution is 7.12. The van der Waals surface area contributed by atoms with E-state index in [4.69, 9.17) is 4.74 Å². The van der Waals surface area contributed by atoms with E-state index < -0.39 is 5.97 Å². The molecule has 0 aliphatic heterocycles. The Morgan fingerprint density at radius 3 is 2.33 bits per heavy atom. The number of anilines is 1. The summed E-state index contributed by atoms with van der Waals surface area (Å²) in [5.41, 5.74) is 0.869. The standard InChI is InChI=1S/C19H16N2O4S2/c22-17(20-11-15-3-1-9-26-15)12-25-19(24)13-5-7-14(8-6-13)21-18(23)16-4-2-10-27-16/h1-10H,11-12H2,(H,20,22)(H,21,23). The van der Waals surface area contributed by atoms with Crippen molar-refractivity contribution < 1.29 is 19.1 Å². The predicted molar refractivity (Wildman–Crippen MR) is 105 cm³/mol. The van der Waals surface area contributed by atoms with Crippen LogP contribution in [0.25, 0.3) is 0 Å². The molecule has 6 nitrogen and oxygen atoms in total. The highest BCUT2D eigenvalue weighted by atomic mass is 32.1. The maximum Gasteiger partial charge on any atom is 0.338 e. The minimum absolute atomic E-state index is 0.206. The van der Waals surface area contributed by atoms with Gasteiger partial charge in [-0.1, -0.05) is 12.1 Å². The van der Waals surface area contributed by atoms with Crippen molar-refractivity contribution >= 4 is 46.1 Å². The number of nitrogens with one attached hydrogen (secondary N) is 2. The van der Waals surface area contributed by atoms with Gasteiger partial charge >= 0.3 is 5.97 Å². The molecule has 0 spiro atoms. The van der Waals surface area contributed by atoms with Gasteiger partial charge in [-0.15, -0.1) is 22.7 Å². The molecule has 0 bridgehead atoms. The molecule has 0 radical (unpaired) electrons. The first-order chi connectivity index (χ1) is 13.1. The van der Waals surface area contributed by atoms with Gasteiger partial charge in [0.15, 0.2) is 6.61 Å². The van der Waals surface area contributed by atoms with Crippen molar-refractivity contribution in [2.45, 2.75) is 6.54 Å². The van der Waals surface area contributed by atoms with Gasteiger partial charge in [-0.05, 0) is 47.2 Å². The summed E-state index contributed by atoms with van der Waals surface area (Å²) in [6, 6.07) is 13.6. The Morgan fingerprint density at radius 1 is 0.926 bits per heavy atom. The number of hydrogen-bond donors (Lipinski definition) is 2. The van der Waals surface area contributed by atoms with Crippen LogP contribution in [0.2, 0.25) is 0 Å². The molecule has 2 aromatic heterocycles. The molecule has 2 heterocycles. The minimum Gasteiger partial charge on any atom is -0.452 e. The number of benzene rings is 1.